The third-order valence-corrected chi connectivity index (χ3v) is 4.99. The second-order valence-corrected chi connectivity index (χ2v) is 7.05. The van der Waals surface area contributed by atoms with E-state index in [0.717, 1.165) is 10.6 Å². The molecule has 0 spiro atoms. The molecule has 1 fully saturated rings. The number of hydrogen-bond donors (Lipinski definition) is 1. The first-order valence-corrected chi connectivity index (χ1v) is 8.21. The summed E-state index contributed by atoms with van der Waals surface area (Å²) in [6.07, 6.45) is 4.75. The first-order chi connectivity index (χ1) is 9.22. The lowest BCUT2D eigenvalue weighted by atomic mass is 10.1. The molecule has 1 atom stereocenters. The third-order valence-electron chi connectivity index (χ3n) is 3.26. The highest BCUT2D eigenvalue weighted by atomic mass is 32.1. The number of amides is 1. The molecule has 2 aromatic heterocycles. The number of aryl methyl sites for hydroxylation is 1. The third kappa shape index (κ3) is 3.22. The maximum atomic E-state index is 12.1. The summed E-state index contributed by atoms with van der Waals surface area (Å²) in [5.74, 6) is 0.681. The number of carbonyl (C=O) groups is 1. The van der Waals surface area contributed by atoms with Crippen molar-refractivity contribution in [2.24, 2.45) is 5.92 Å². The molecule has 5 heteroatoms. The number of aromatic nitrogens is 1. The minimum absolute atomic E-state index is 0.100. The highest BCUT2D eigenvalue weighted by Gasteiger charge is 2.35. The van der Waals surface area contributed by atoms with Crippen molar-refractivity contribution in [2.45, 2.75) is 32.2 Å². The minimum Gasteiger partial charge on any atom is -0.346 e. The van der Waals surface area contributed by atoms with Crippen molar-refractivity contribution in [1.29, 1.82) is 0 Å². The summed E-state index contributed by atoms with van der Waals surface area (Å²) in [5, 5.41) is 8.25. The lowest BCUT2D eigenvalue weighted by Gasteiger charge is -2.15. The van der Waals surface area contributed by atoms with Crippen LogP contribution in [0.2, 0.25) is 0 Å². The normalized spacial score (nSPS) is 16.3. The molecule has 0 bridgehead atoms. The van der Waals surface area contributed by atoms with Gasteiger partial charge in [-0.1, -0.05) is 0 Å². The fourth-order valence-electron chi connectivity index (χ4n) is 2.13. The van der Waals surface area contributed by atoms with E-state index in [0.29, 0.717) is 12.3 Å². The summed E-state index contributed by atoms with van der Waals surface area (Å²) >= 11 is 3.32. The Kier molecular flexibility index (Phi) is 3.66. The number of hydrogen-bond acceptors (Lipinski definition) is 4. The van der Waals surface area contributed by atoms with Crippen LogP contribution in [0.4, 0.5) is 0 Å². The molecular formula is C14H16N2OS2. The van der Waals surface area contributed by atoms with Crippen molar-refractivity contribution < 1.29 is 4.79 Å². The van der Waals surface area contributed by atoms with Gasteiger partial charge in [-0.25, -0.2) is 4.98 Å². The Labute approximate surface area is 120 Å². The number of rotatable bonds is 5. The average molecular weight is 292 g/mol. The van der Waals surface area contributed by atoms with Gasteiger partial charge in [0.1, 0.15) is 5.01 Å². The molecule has 3 nitrogen and oxygen atoms in total. The Bertz CT molecular complexity index is 558. The highest BCUT2D eigenvalue weighted by molar-refractivity contribution is 7.11. The number of nitrogens with zero attached hydrogens (tertiary/aromatic N) is 1. The maximum Gasteiger partial charge on any atom is 0.225 e. The van der Waals surface area contributed by atoms with E-state index in [2.05, 4.69) is 17.2 Å². The van der Waals surface area contributed by atoms with Crippen molar-refractivity contribution in [2.75, 3.05) is 0 Å². The molecule has 1 aliphatic rings. The van der Waals surface area contributed by atoms with Gasteiger partial charge in [0.25, 0.3) is 0 Å². The van der Waals surface area contributed by atoms with Gasteiger partial charge >= 0.3 is 0 Å². The summed E-state index contributed by atoms with van der Waals surface area (Å²) in [4.78, 5) is 17.7. The maximum absolute atomic E-state index is 12.1. The molecule has 0 aromatic carbocycles. The quantitative estimate of drug-likeness (QED) is 0.918. The van der Waals surface area contributed by atoms with Gasteiger partial charge in [-0.3, -0.25) is 4.79 Å². The second kappa shape index (κ2) is 5.43. The molecule has 19 heavy (non-hydrogen) atoms. The summed E-state index contributed by atoms with van der Waals surface area (Å²) in [5.41, 5.74) is 1.09. The molecule has 1 unspecified atom stereocenters. The summed E-state index contributed by atoms with van der Waals surface area (Å²) in [6.45, 7) is 2.05. The standard InChI is InChI=1S/C14H16N2OS2/c1-9-7-15-14(19-9)13(11-2-3-11)16-12(17)6-10-4-5-18-8-10/h4-5,7-8,11,13H,2-3,6H2,1H3,(H,16,17). The van der Waals surface area contributed by atoms with Crippen molar-refractivity contribution in [3.05, 3.63) is 38.5 Å². The van der Waals surface area contributed by atoms with Crippen molar-refractivity contribution in [3.63, 3.8) is 0 Å². The predicted octanol–water partition coefficient (Wildman–Crippen LogP) is 3.32. The molecule has 100 valence electrons. The smallest absolute Gasteiger partial charge is 0.225 e. The SMILES string of the molecule is Cc1cnc(C(NC(=O)Cc2ccsc2)C2CC2)s1. The molecule has 1 amide bonds. The molecule has 3 rings (SSSR count). The summed E-state index contributed by atoms with van der Waals surface area (Å²) in [6, 6.07) is 2.12. The Hall–Kier alpha value is -1.20. The van der Waals surface area contributed by atoms with Crippen LogP contribution in [-0.4, -0.2) is 10.9 Å². The van der Waals surface area contributed by atoms with Gasteiger partial charge < -0.3 is 5.32 Å². The molecule has 1 N–H and O–H groups in total. The molecule has 2 aromatic rings. The van der Waals surface area contributed by atoms with Crippen LogP contribution in [0.1, 0.15) is 34.3 Å². The molecule has 0 radical (unpaired) electrons. The molecule has 1 saturated carbocycles. The van der Waals surface area contributed by atoms with Gasteiger partial charge in [0, 0.05) is 11.1 Å². The Morgan fingerprint density at radius 2 is 2.42 bits per heavy atom. The van der Waals surface area contributed by atoms with Gasteiger partial charge in [-0.15, -0.1) is 11.3 Å². The zero-order valence-corrected chi connectivity index (χ0v) is 12.4. The van der Waals surface area contributed by atoms with Crippen molar-refractivity contribution in [3.8, 4) is 0 Å². The van der Waals surface area contributed by atoms with Gasteiger partial charge in [0.05, 0.1) is 12.5 Å². The van der Waals surface area contributed by atoms with Crippen LogP contribution in [-0.2, 0) is 11.2 Å². The average Bonchev–Trinajstić information content (AvgIpc) is 2.93. The van der Waals surface area contributed by atoms with Crippen LogP contribution in [0.25, 0.3) is 0 Å². The lowest BCUT2D eigenvalue weighted by molar-refractivity contribution is -0.121. The molecular weight excluding hydrogens is 276 g/mol. The van der Waals surface area contributed by atoms with E-state index < -0.39 is 0 Å². The van der Waals surface area contributed by atoms with Crippen LogP contribution in [0.15, 0.2) is 23.0 Å². The second-order valence-electron chi connectivity index (χ2n) is 5.00. The molecule has 2 heterocycles. The van der Waals surface area contributed by atoms with E-state index in [-0.39, 0.29) is 11.9 Å². The molecule has 1 aliphatic carbocycles. The fourth-order valence-corrected chi connectivity index (χ4v) is 3.72. The van der Waals surface area contributed by atoms with E-state index in [9.17, 15) is 4.79 Å². The van der Waals surface area contributed by atoms with E-state index >= 15 is 0 Å². The monoisotopic (exact) mass is 292 g/mol. The van der Waals surface area contributed by atoms with E-state index in [1.165, 1.54) is 17.7 Å². The van der Waals surface area contributed by atoms with Crippen LogP contribution >= 0.6 is 22.7 Å². The largest absolute Gasteiger partial charge is 0.346 e. The number of thiophene rings is 1. The van der Waals surface area contributed by atoms with Crippen LogP contribution in [0.5, 0.6) is 0 Å². The van der Waals surface area contributed by atoms with Crippen LogP contribution in [0.3, 0.4) is 0 Å². The summed E-state index contributed by atoms with van der Waals surface area (Å²) < 4.78 is 0. The predicted molar refractivity (Wildman–Crippen MR) is 78.5 cm³/mol. The Balaban J connectivity index is 1.66. The zero-order chi connectivity index (χ0) is 13.2. The van der Waals surface area contributed by atoms with Gasteiger partial charge in [0.2, 0.25) is 5.91 Å². The number of nitrogens with one attached hydrogen (secondary N) is 1. The lowest BCUT2D eigenvalue weighted by Crippen LogP contribution is -2.30. The van der Waals surface area contributed by atoms with Gasteiger partial charge in [-0.2, -0.15) is 11.3 Å². The number of carbonyl (C=O) groups excluding carboxylic acids is 1. The van der Waals surface area contributed by atoms with Crippen molar-refractivity contribution >= 4 is 28.6 Å². The number of thiazole rings is 1. The summed E-state index contributed by atoms with van der Waals surface area (Å²) in [7, 11) is 0. The zero-order valence-electron chi connectivity index (χ0n) is 10.8. The first-order valence-electron chi connectivity index (χ1n) is 6.45. The van der Waals surface area contributed by atoms with Gasteiger partial charge in [0.15, 0.2) is 0 Å². The Morgan fingerprint density at radius 1 is 1.58 bits per heavy atom. The fraction of sp³-hybridized carbons (Fsp3) is 0.429. The van der Waals surface area contributed by atoms with E-state index in [1.807, 2.05) is 23.0 Å². The van der Waals surface area contributed by atoms with E-state index in [4.69, 9.17) is 0 Å². The van der Waals surface area contributed by atoms with Crippen LogP contribution in [0, 0.1) is 12.8 Å². The minimum atomic E-state index is 0.100. The first kappa shape index (κ1) is 12.8. The molecule has 0 saturated heterocycles. The van der Waals surface area contributed by atoms with Crippen molar-refractivity contribution in [1.82, 2.24) is 10.3 Å². The topological polar surface area (TPSA) is 42.0 Å². The Morgan fingerprint density at radius 3 is 3.00 bits per heavy atom. The molecule has 0 aliphatic heterocycles. The van der Waals surface area contributed by atoms with Crippen LogP contribution < -0.4 is 5.32 Å². The highest BCUT2D eigenvalue weighted by Crippen LogP contribution is 2.42. The van der Waals surface area contributed by atoms with E-state index in [1.54, 1.807) is 22.7 Å². The van der Waals surface area contributed by atoms with Gasteiger partial charge in [-0.05, 0) is 48.1 Å².